The number of piperazine rings is 1. The molecule has 3 nitrogen and oxygen atoms in total. The Morgan fingerprint density at radius 3 is 2.29 bits per heavy atom. The lowest BCUT2D eigenvalue weighted by Gasteiger charge is -2.42. The van der Waals surface area contributed by atoms with E-state index in [1.807, 2.05) is 0 Å². The van der Waals surface area contributed by atoms with Gasteiger partial charge in [0.25, 0.3) is 0 Å². The van der Waals surface area contributed by atoms with Gasteiger partial charge < -0.3 is 10.2 Å². The molecule has 0 amide bonds. The van der Waals surface area contributed by atoms with Crippen LogP contribution in [0.4, 0.5) is 0 Å². The molecule has 1 aliphatic heterocycles. The molecule has 0 aromatic carbocycles. The van der Waals surface area contributed by atoms with Gasteiger partial charge in [-0.3, -0.25) is 4.90 Å². The van der Waals surface area contributed by atoms with Crippen molar-refractivity contribution in [1.82, 2.24) is 15.1 Å². The molecular formula is C18H37N3. The number of nitrogens with zero attached hydrogens (tertiary/aromatic N) is 2. The lowest BCUT2D eigenvalue weighted by Crippen LogP contribution is -2.53. The van der Waals surface area contributed by atoms with Crippen LogP contribution in [0.25, 0.3) is 0 Å². The van der Waals surface area contributed by atoms with Crippen LogP contribution in [0.5, 0.6) is 0 Å². The maximum Gasteiger partial charge on any atom is 0.0113 e. The first kappa shape index (κ1) is 17.2. The van der Waals surface area contributed by atoms with E-state index in [4.69, 9.17) is 0 Å². The van der Waals surface area contributed by atoms with Gasteiger partial charge in [0, 0.05) is 45.3 Å². The molecule has 1 aliphatic carbocycles. The lowest BCUT2D eigenvalue weighted by molar-refractivity contribution is 0.0655. The average Bonchev–Trinajstić information content (AvgIpc) is 3.00. The molecule has 3 heteroatoms. The van der Waals surface area contributed by atoms with Crippen LogP contribution in [-0.2, 0) is 0 Å². The van der Waals surface area contributed by atoms with Crippen LogP contribution in [0.3, 0.4) is 0 Å². The highest BCUT2D eigenvalue weighted by atomic mass is 15.3. The van der Waals surface area contributed by atoms with Crippen molar-refractivity contribution < 1.29 is 0 Å². The molecule has 1 heterocycles. The maximum atomic E-state index is 3.58. The number of nitrogens with one attached hydrogen (secondary N) is 1. The molecule has 0 aromatic rings. The molecule has 0 aromatic heterocycles. The van der Waals surface area contributed by atoms with Crippen molar-refractivity contribution in [3.8, 4) is 0 Å². The number of hydrogen-bond donors (Lipinski definition) is 1. The van der Waals surface area contributed by atoms with Gasteiger partial charge in [0.2, 0.25) is 0 Å². The van der Waals surface area contributed by atoms with E-state index in [0.29, 0.717) is 5.41 Å². The van der Waals surface area contributed by atoms with Gasteiger partial charge in [0.05, 0.1) is 0 Å². The molecule has 0 radical (unpaired) electrons. The minimum atomic E-state index is 0.445. The Morgan fingerprint density at radius 1 is 1.05 bits per heavy atom. The SMILES string of the molecule is CCCC(C)(CNCC)CN1CCN(C2CCCC2)CC1. The van der Waals surface area contributed by atoms with Crippen LogP contribution in [-0.4, -0.2) is 61.7 Å². The first-order valence-corrected chi connectivity index (χ1v) is 9.34. The Kier molecular flexibility index (Phi) is 6.97. The summed E-state index contributed by atoms with van der Waals surface area (Å²) in [5, 5.41) is 3.58. The highest BCUT2D eigenvalue weighted by molar-refractivity contribution is 4.86. The van der Waals surface area contributed by atoms with Crippen molar-refractivity contribution in [3.05, 3.63) is 0 Å². The minimum Gasteiger partial charge on any atom is -0.316 e. The summed E-state index contributed by atoms with van der Waals surface area (Å²) in [6, 6.07) is 0.913. The Labute approximate surface area is 132 Å². The molecule has 1 saturated carbocycles. The van der Waals surface area contributed by atoms with Crippen LogP contribution in [0, 0.1) is 5.41 Å². The zero-order valence-electron chi connectivity index (χ0n) is 14.7. The van der Waals surface area contributed by atoms with Crippen molar-refractivity contribution in [1.29, 1.82) is 0 Å². The molecule has 2 fully saturated rings. The van der Waals surface area contributed by atoms with Crippen molar-refractivity contribution in [3.63, 3.8) is 0 Å². The smallest absolute Gasteiger partial charge is 0.0113 e. The minimum absolute atomic E-state index is 0.445. The fraction of sp³-hybridized carbons (Fsp3) is 1.00. The van der Waals surface area contributed by atoms with Crippen LogP contribution >= 0.6 is 0 Å². The molecule has 21 heavy (non-hydrogen) atoms. The van der Waals surface area contributed by atoms with Gasteiger partial charge in [-0.25, -0.2) is 0 Å². The average molecular weight is 296 g/mol. The Hall–Kier alpha value is -0.120. The second-order valence-electron chi connectivity index (χ2n) is 7.59. The van der Waals surface area contributed by atoms with Crippen molar-refractivity contribution in [2.45, 2.75) is 65.3 Å². The predicted molar refractivity (Wildman–Crippen MR) is 91.8 cm³/mol. The topological polar surface area (TPSA) is 18.5 Å². The van der Waals surface area contributed by atoms with E-state index >= 15 is 0 Å². The van der Waals surface area contributed by atoms with E-state index in [1.165, 1.54) is 77.8 Å². The third-order valence-electron chi connectivity index (χ3n) is 5.51. The third kappa shape index (κ3) is 5.22. The molecule has 2 rings (SSSR count). The highest BCUT2D eigenvalue weighted by Crippen LogP contribution is 2.27. The largest absolute Gasteiger partial charge is 0.316 e. The zero-order chi connectivity index (χ0) is 15.1. The molecule has 124 valence electrons. The van der Waals surface area contributed by atoms with Crippen molar-refractivity contribution >= 4 is 0 Å². The van der Waals surface area contributed by atoms with Gasteiger partial charge in [-0.2, -0.15) is 0 Å². The second-order valence-corrected chi connectivity index (χ2v) is 7.59. The molecule has 1 N–H and O–H groups in total. The Morgan fingerprint density at radius 2 is 1.71 bits per heavy atom. The number of rotatable bonds is 8. The van der Waals surface area contributed by atoms with E-state index < -0.39 is 0 Å². The molecule has 2 aliphatic rings. The van der Waals surface area contributed by atoms with E-state index in [9.17, 15) is 0 Å². The van der Waals surface area contributed by atoms with E-state index in [-0.39, 0.29) is 0 Å². The third-order valence-corrected chi connectivity index (χ3v) is 5.51. The van der Waals surface area contributed by atoms with Gasteiger partial charge in [-0.15, -0.1) is 0 Å². The van der Waals surface area contributed by atoms with E-state index in [1.54, 1.807) is 0 Å². The van der Waals surface area contributed by atoms with Crippen molar-refractivity contribution in [2.24, 2.45) is 5.41 Å². The lowest BCUT2D eigenvalue weighted by atomic mass is 9.84. The second kappa shape index (κ2) is 8.50. The summed E-state index contributed by atoms with van der Waals surface area (Å²) in [6.07, 6.45) is 8.46. The summed E-state index contributed by atoms with van der Waals surface area (Å²) in [6.45, 7) is 15.7. The first-order chi connectivity index (χ1) is 10.2. The van der Waals surface area contributed by atoms with Crippen LogP contribution in [0.2, 0.25) is 0 Å². The quantitative estimate of drug-likeness (QED) is 0.743. The van der Waals surface area contributed by atoms with E-state index in [0.717, 1.165) is 12.6 Å². The predicted octanol–water partition coefficient (Wildman–Crippen LogP) is 2.96. The molecule has 0 bridgehead atoms. The fourth-order valence-electron chi connectivity index (χ4n) is 4.35. The summed E-state index contributed by atoms with van der Waals surface area (Å²) < 4.78 is 0. The summed E-state index contributed by atoms with van der Waals surface area (Å²) in [4.78, 5) is 5.49. The van der Waals surface area contributed by atoms with Gasteiger partial charge in [-0.1, -0.05) is 40.0 Å². The van der Waals surface area contributed by atoms with Crippen LogP contribution in [0.15, 0.2) is 0 Å². The summed E-state index contributed by atoms with van der Waals surface area (Å²) in [7, 11) is 0. The Balaban J connectivity index is 1.77. The summed E-state index contributed by atoms with van der Waals surface area (Å²) in [5.74, 6) is 0. The first-order valence-electron chi connectivity index (χ1n) is 9.34. The van der Waals surface area contributed by atoms with Gasteiger partial charge in [0.15, 0.2) is 0 Å². The monoisotopic (exact) mass is 295 g/mol. The van der Waals surface area contributed by atoms with Gasteiger partial charge >= 0.3 is 0 Å². The van der Waals surface area contributed by atoms with Gasteiger partial charge in [-0.05, 0) is 31.2 Å². The standard InChI is InChI=1S/C18H37N3/c1-4-10-18(3,15-19-5-2)16-20-11-13-21(14-12-20)17-8-6-7-9-17/h17,19H,4-16H2,1-3H3. The molecule has 0 spiro atoms. The van der Waals surface area contributed by atoms with E-state index in [2.05, 4.69) is 35.9 Å². The normalized spacial score (nSPS) is 25.3. The molecule has 1 atom stereocenters. The Bertz CT molecular complexity index is 280. The molecular weight excluding hydrogens is 258 g/mol. The summed E-state index contributed by atoms with van der Waals surface area (Å²) >= 11 is 0. The highest BCUT2D eigenvalue weighted by Gasteiger charge is 2.30. The fourth-order valence-corrected chi connectivity index (χ4v) is 4.35. The van der Waals surface area contributed by atoms with Crippen LogP contribution in [0.1, 0.15) is 59.3 Å². The van der Waals surface area contributed by atoms with Crippen molar-refractivity contribution in [2.75, 3.05) is 45.8 Å². The van der Waals surface area contributed by atoms with Crippen LogP contribution < -0.4 is 5.32 Å². The molecule has 1 unspecified atom stereocenters. The maximum absolute atomic E-state index is 3.58. The molecule has 1 saturated heterocycles. The van der Waals surface area contributed by atoms with Gasteiger partial charge in [0.1, 0.15) is 0 Å². The zero-order valence-corrected chi connectivity index (χ0v) is 14.7. The summed E-state index contributed by atoms with van der Waals surface area (Å²) in [5.41, 5.74) is 0.445. The number of hydrogen-bond acceptors (Lipinski definition) is 3.